The molecule has 1 aromatic carbocycles. The average Bonchev–Trinajstić information content (AvgIpc) is 2.81. The van der Waals surface area contributed by atoms with Gasteiger partial charge in [0, 0.05) is 55.5 Å². The van der Waals surface area contributed by atoms with Crippen LogP contribution in [-0.4, -0.2) is 58.9 Å². The van der Waals surface area contributed by atoms with Crippen LogP contribution in [0.15, 0.2) is 43.0 Å². The van der Waals surface area contributed by atoms with Gasteiger partial charge in [0.25, 0.3) is 0 Å². The Bertz CT molecular complexity index is 1270. The average molecular weight is 476 g/mol. The second-order valence-electron chi connectivity index (χ2n) is 9.84. The molecule has 0 unspecified atom stereocenters. The fourth-order valence-electron chi connectivity index (χ4n) is 5.44. The monoisotopic (exact) mass is 475 g/mol. The molecule has 0 radical (unpaired) electrons. The lowest BCUT2D eigenvalue weighted by Crippen LogP contribution is -2.65. The van der Waals surface area contributed by atoms with Gasteiger partial charge in [-0.1, -0.05) is 0 Å². The van der Waals surface area contributed by atoms with Gasteiger partial charge in [0.2, 0.25) is 0 Å². The van der Waals surface area contributed by atoms with Crippen molar-refractivity contribution in [3.63, 3.8) is 0 Å². The number of rotatable bonds is 6. The number of aldehydes is 1. The molecule has 0 bridgehead atoms. The number of fused-ring (bicyclic) bond motifs is 1. The molecule has 35 heavy (non-hydrogen) atoms. The lowest BCUT2D eigenvalue weighted by atomic mass is 9.61. The number of pyridine rings is 1. The van der Waals surface area contributed by atoms with Gasteiger partial charge in [0.15, 0.2) is 17.9 Å². The molecule has 3 aliphatic rings. The number of hydrogen-bond acceptors (Lipinski definition) is 8. The van der Waals surface area contributed by atoms with Gasteiger partial charge in [0.1, 0.15) is 29.7 Å². The lowest BCUT2D eigenvalue weighted by molar-refractivity contribution is -0.0352. The minimum absolute atomic E-state index is 0.142. The predicted molar refractivity (Wildman–Crippen MR) is 126 cm³/mol. The Labute approximate surface area is 202 Å². The predicted octanol–water partition coefficient (Wildman–Crippen LogP) is 3.65. The summed E-state index contributed by atoms with van der Waals surface area (Å²) in [7, 11) is 2.13. The highest BCUT2D eigenvalue weighted by Gasteiger charge is 2.54. The van der Waals surface area contributed by atoms with Crippen molar-refractivity contribution in [2.45, 2.75) is 31.9 Å². The first-order chi connectivity index (χ1) is 17.0. The smallest absolute Gasteiger partial charge is 0.188 e. The van der Waals surface area contributed by atoms with E-state index in [1.807, 2.05) is 12.3 Å². The first kappa shape index (κ1) is 21.9. The third kappa shape index (κ3) is 4.10. The number of ether oxygens (including phenoxy) is 2. The van der Waals surface area contributed by atoms with Gasteiger partial charge in [-0.25, -0.2) is 14.4 Å². The fourth-order valence-corrected chi connectivity index (χ4v) is 5.44. The molecule has 1 aliphatic carbocycles. The second kappa shape index (κ2) is 8.57. The zero-order chi connectivity index (χ0) is 24.0. The topological polar surface area (TPSA) is 80.7 Å². The first-order valence-corrected chi connectivity index (χ1v) is 11.8. The van der Waals surface area contributed by atoms with E-state index in [2.05, 4.69) is 31.8 Å². The Hall–Kier alpha value is -3.59. The van der Waals surface area contributed by atoms with Crippen LogP contribution < -0.4 is 14.4 Å². The summed E-state index contributed by atoms with van der Waals surface area (Å²) < 4.78 is 25.8. The zero-order valence-electron chi connectivity index (χ0n) is 19.5. The van der Waals surface area contributed by atoms with E-state index >= 15 is 0 Å². The Kier molecular flexibility index (Phi) is 5.36. The normalized spacial score (nSPS) is 19.0. The number of nitrogens with zero attached hydrogens (tertiary/aromatic N) is 5. The highest BCUT2D eigenvalue weighted by molar-refractivity contribution is 5.79. The summed E-state index contributed by atoms with van der Waals surface area (Å²) in [5.74, 6) is 1.86. The van der Waals surface area contributed by atoms with Crippen molar-refractivity contribution in [2.75, 3.05) is 31.6 Å². The molecule has 2 aromatic heterocycles. The van der Waals surface area contributed by atoms with E-state index in [0.717, 1.165) is 63.0 Å². The number of likely N-dealkylation sites (N-methyl/N-ethyl adjacent to an activating group) is 1. The maximum atomic E-state index is 13.5. The summed E-state index contributed by atoms with van der Waals surface area (Å²) in [6.45, 7) is 3.60. The molecule has 9 heteroatoms. The summed E-state index contributed by atoms with van der Waals surface area (Å²) in [4.78, 5) is 28.8. The van der Waals surface area contributed by atoms with E-state index in [9.17, 15) is 9.18 Å². The molecule has 1 saturated heterocycles. The fraction of sp³-hybridized carbons (Fsp3) is 0.385. The van der Waals surface area contributed by atoms with Gasteiger partial charge in [-0.05, 0) is 44.2 Å². The van der Waals surface area contributed by atoms with Crippen LogP contribution in [0.4, 0.5) is 10.2 Å². The number of halogens is 1. The minimum atomic E-state index is -0.491. The first-order valence-electron chi connectivity index (χ1n) is 11.8. The summed E-state index contributed by atoms with van der Waals surface area (Å²) in [5, 5.41) is 0. The highest BCUT2D eigenvalue weighted by atomic mass is 19.1. The van der Waals surface area contributed by atoms with Crippen LogP contribution in [0.3, 0.4) is 0 Å². The van der Waals surface area contributed by atoms with Crippen LogP contribution in [0, 0.1) is 11.2 Å². The molecule has 1 saturated carbocycles. The Morgan fingerprint density at radius 3 is 2.83 bits per heavy atom. The molecule has 3 aromatic rings. The number of benzene rings is 1. The summed E-state index contributed by atoms with van der Waals surface area (Å²) in [5.41, 5.74) is 2.72. The molecule has 0 atom stereocenters. The largest absolute Gasteiger partial charge is 0.490 e. The van der Waals surface area contributed by atoms with Crippen molar-refractivity contribution in [3.8, 4) is 17.2 Å². The number of carbonyl (C=O) groups excluding carboxylic acids is 1. The van der Waals surface area contributed by atoms with Crippen LogP contribution in [0.25, 0.3) is 0 Å². The van der Waals surface area contributed by atoms with Crippen molar-refractivity contribution in [3.05, 3.63) is 65.6 Å². The molecule has 4 heterocycles. The summed E-state index contributed by atoms with van der Waals surface area (Å²) in [6.07, 6.45) is 8.63. The summed E-state index contributed by atoms with van der Waals surface area (Å²) >= 11 is 0. The van der Waals surface area contributed by atoms with Crippen molar-refractivity contribution >= 4 is 12.1 Å². The Balaban J connectivity index is 1.10. The molecule has 6 rings (SSSR count). The summed E-state index contributed by atoms with van der Waals surface area (Å²) in [6, 6.07) is 5.84. The van der Waals surface area contributed by atoms with Crippen molar-refractivity contribution in [1.82, 2.24) is 19.9 Å². The van der Waals surface area contributed by atoms with E-state index < -0.39 is 5.82 Å². The van der Waals surface area contributed by atoms with Crippen molar-refractivity contribution in [2.24, 2.45) is 5.41 Å². The molecule has 1 spiro atoms. The standard InChI is InChI=1S/C26H26FN5O3/c1-31-7-5-21-20(12-31)23(4-6-29-21)34-19-9-26(10-19)14-32(15-26)25-24(11-28-16-30-25)35-22-3-2-18(27)8-17(22)13-33/h2-4,6,8,11,13,16,19H,5,7,9-10,12,14-15H2,1H3. The van der Waals surface area contributed by atoms with Crippen LogP contribution in [0.1, 0.15) is 34.5 Å². The zero-order valence-corrected chi connectivity index (χ0v) is 19.5. The Morgan fingerprint density at radius 1 is 1.14 bits per heavy atom. The van der Waals surface area contributed by atoms with Crippen LogP contribution in [-0.2, 0) is 13.0 Å². The van der Waals surface area contributed by atoms with Crippen LogP contribution >= 0.6 is 0 Å². The number of hydrogen-bond donors (Lipinski definition) is 0. The van der Waals surface area contributed by atoms with E-state index in [1.54, 1.807) is 6.20 Å². The van der Waals surface area contributed by atoms with Gasteiger partial charge in [-0.2, -0.15) is 0 Å². The molecule has 8 nitrogen and oxygen atoms in total. The number of anilines is 1. The molecular formula is C26H26FN5O3. The van der Waals surface area contributed by atoms with Crippen LogP contribution in [0.2, 0.25) is 0 Å². The van der Waals surface area contributed by atoms with Gasteiger partial charge < -0.3 is 19.3 Å². The number of carbonyl (C=O) groups is 1. The molecule has 2 fully saturated rings. The quantitative estimate of drug-likeness (QED) is 0.500. The number of aromatic nitrogens is 3. The lowest BCUT2D eigenvalue weighted by Gasteiger charge is -2.59. The SMILES string of the molecule is CN1CCc2nccc(OC3CC4(C3)CN(c3ncncc3Oc3ccc(F)cc3C=O)C4)c2C1. The minimum Gasteiger partial charge on any atom is -0.490 e. The maximum Gasteiger partial charge on any atom is 0.188 e. The highest BCUT2D eigenvalue weighted by Crippen LogP contribution is 2.52. The van der Waals surface area contributed by atoms with E-state index in [0.29, 0.717) is 17.9 Å². The van der Waals surface area contributed by atoms with Gasteiger partial charge >= 0.3 is 0 Å². The molecule has 0 amide bonds. The van der Waals surface area contributed by atoms with Gasteiger partial charge in [0.05, 0.1) is 11.8 Å². The van der Waals surface area contributed by atoms with Gasteiger partial charge in [-0.15, -0.1) is 0 Å². The molecule has 0 N–H and O–H groups in total. The third-order valence-corrected chi connectivity index (χ3v) is 7.21. The van der Waals surface area contributed by atoms with Crippen LogP contribution in [0.5, 0.6) is 17.2 Å². The Morgan fingerprint density at radius 2 is 2.00 bits per heavy atom. The molecule has 2 aliphatic heterocycles. The van der Waals surface area contributed by atoms with E-state index in [4.69, 9.17) is 9.47 Å². The maximum absolute atomic E-state index is 13.5. The second-order valence-corrected chi connectivity index (χ2v) is 9.84. The van der Waals surface area contributed by atoms with E-state index in [1.165, 1.54) is 24.0 Å². The molecular weight excluding hydrogens is 449 g/mol. The van der Waals surface area contributed by atoms with E-state index in [-0.39, 0.29) is 22.8 Å². The van der Waals surface area contributed by atoms with Crippen molar-refractivity contribution < 1.29 is 18.7 Å². The van der Waals surface area contributed by atoms with Crippen molar-refractivity contribution in [1.29, 1.82) is 0 Å². The molecule has 180 valence electrons. The third-order valence-electron chi connectivity index (χ3n) is 7.21. The van der Waals surface area contributed by atoms with Gasteiger partial charge in [-0.3, -0.25) is 9.78 Å².